The number of carboxylic acid groups (broad SMARTS) is 2. The summed E-state index contributed by atoms with van der Waals surface area (Å²) in [5.41, 5.74) is 6.10. The molecule has 148 heavy (non-hydrogen) atoms. The molecule has 0 aliphatic carbocycles. The van der Waals surface area contributed by atoms with Crippen LogP contribution in [0.1, 0.15) is 193 Å². The van der Waals surface area contributed by atoms with Gasteiger partial charge in [-0.3, -0.25) is 20.9 Å². The molecule has 30 nitrogen and oxygen atoms in total. The molecule has 0 spiro atoms. The number of nitrogens with one attached hydrogen (secondary N) is 3. The van der Waals surface area contributed by atoms with E-state index in [0.29, 0.717) is 146 Å². The molecule has 0 radical (unpaired) electrons. The van der Waals surface area contributed by atoms with E-state index in [1.54, 1.807) is 73.8 Å². The summed E-state index contributed by atoms with van der Waals surface area (Å²) >= 11 is 42.2. The number of halogens is 7. The third-order valence-corrected chi connectivity index (χ3v) is 32.5. The van der Waals surface area contributed by atoms with Crippen LogP contribution in [-0.4, -0.2) is 180 Å². The Morgan fingerprint density at radius 2 is 0.872 bits per heavy atom. The van der Waals surface area contributed by atoms with Gasteiger partial charge >= 0.3 is 35.8 Å². The van der Waals surface area contributed by atoms with Crippen LogP contribution in [0.25, 0.3) is 0 Å². The van der Waals surface area contributed by atoms with E-state index in [2.05, 4.69) is 32.8 Å². The standard InChI is InChI=1S/2C37H39Cl2N3O7S.C34H34Cl2FN3O7S/c1-41-23-10-11-24(41)15-25(14-23)49-37(45)34(21-7-5-4-6-8-21)40-18-26-16-28(35(50-26)36(43)44)27(17-29-30(38)19-42(46)20-31(29)39)22-9-12-32(47-2)33(13-22)48-3;1-3-47-32-17-25(9-11-30(32)46-2)31(18-27-28(38)20-42(45)21-29(27)39)48-36(43)34-12-10-26(50-34)19-40-35(24-7-5-4-6-8-24)37(44)49-33-22-41-15-13-23(33)14-16-41;1-39-11-10-20(16-39)47-34(43)31(22-6-4-5-7-28(22)37)38-15-21-13-24(32(48-21)33(41)42)23(14-25-26(35)17-40(44)18-27(25)36)19-8-9-29(45-2)30(12-19)46-3/h4-9,12-13,16,19-20,23-25,27,34,40H,10-11,14-15,17-18H2,1-3H3,(H,43,44);4-12,17,20-21,23,31,33,35,40H,3,13-16,18-19,22H2,1-2H3;4-9,12-13,17-18,20,23,31,38H,10-11,14-16H2,1-3H3,(H,41,42)/t23?,24?,25?,27-,34?;31?,33-,35?;20-,23+,31?/m001/s1. The van der Waals surface area contributed by atoms with Crippen LogP contribution < -0.4 is 58.6 Å². The van der Waals surface area contributed by atoms with E-state index >= 15 is 0 Å². The van der Waals surface area contributed by atoms with Crippen molar-refractivity contribution in [2.24, 2.45) is 5.92 Å². The first kappa shape index (κ1) is 110. The highest BCUT2D eigenvalue weighted by Crippen LogP contribution is 2.47. The molecule has 6 unspecified atom stereocenters. The van der Waals surface area contributed by atoms with Gasteiger partial charge in [-0.15, -0.1) is 34.0 Å². The Balaban J connectivity index is 0.000000166. The molecule has 40 heteroatoms. The fourth-order valence-corrected chi connectivity index (χ4v) is 24.3. The molecule has 10 atom stereocenters. The molecule has 18 rings (SSSR count). The topological polar surface area (TPSA) is 362 Å². The average molecular weight is 2200 g/mol. The maximum Gasteiger partial charge on any atom is 0.348 e. The quantitative estimate of drug-likeness (QED) is 0.0103. The Morgan fingerprint density at radius 3 is 1.32 bits per heavy atom. The summed E-state index contributed by atoms with van der Waals surface area (Å²) in [5.74, 6) is -2.54. The number of rotatable bonds is 40. The summed E-state index contributed by atoms with van der Waals surface area (Å²) in [6.45, 7) is 7.09. The van der Waals surface area contributed by atoms with Gasteiger partial charge in [0.1, 0.15) is 93.1 Å². The third kappa shape index (κ3) is 27.4. The van der Waals surface area contributed by atoms with Gasteiger partial charge in [-0.25, -0.2) is 33.2 Å². The zero-order valence-corrected chi connectivity index (χ0v) is 89.1. The Labute approximate surface area is 898 Å². The Hall–Kier alpha value is -11.7. The number of esters is 4. The number of carboxylic acids is 2. The van der Waals surface area contributed by atoms with Crippen LogP contribution in [0.2, 0.25) is 30.1 Å². The van der Waals surface area contributed by atoms with E-state index in [4.69, 9.17) is 117 Å². The number of fused-ring (bicyclic) bond motifs is 5. The number of ether oxygens (including phenoxy) is 10. The average Bonchev–Trinajstić information content (AvgIpc) is 1.61. The number of nitrogens with zero attached hydrogens (tertiary/aromatic N) is 6. The van der Waals surface area contributed by atoms with Crippen molar-refractivity contribution in [3.8, 4) is 34.5 Å². The molecule has 6 aromatic heterocycles. The molecule has 6 aliphatic rings. The van der Waals surface area contributed by atoms with Gasteiger partial charge in [-0.05, 0) is 203 Å². The van der Waals surface area contributed by atoms with Crippen LogP contribution in [0.3, 0.4) is 0 Å². The summed E-state index contributed by atoms with van der Waals surface area (Å²) < 4.78 is 73.8. The second-order valence-corrected chi connectivity index (χ2v) is 42.4. The normalized spacial score (nSPS) is 18.5. The van der Waals surface area contributed by atoms with Crippen molar-refractivity contribution < 1.29 is 105 Å². The smallest absolute Gasteiger partial charge is 0.348 e. The molecule has 12 aromatic rings. The number of aromatic carboxylic acids is 2. The molecule has 782 valence electrons. The number of carbonyl (C=O) groups excluding carboxylic acids is 4. The van der Waals surface area contributed by atoms with Crippen LogP contribution in [-0.2, 0) is 72.2 Å². The first-order valence-corrected chi connectivity index (χ1v) is 52.7. The van der Waals surface area contributed by atoms with Gasteiger partial charge in [-0.1, -0.05) is 167 Å². The number of hydrogen-bond donors (Lipinski definition) is 5. The summed E-state index contributed by atoms with van der Waals surface area (Å²) in [6.07, 6.45) is 12.9. The predicted octanol–water partition coefficient (Wildman–Crippen LogP) is 19.5. The van der Waals surface area contributed by atoms with Crippen LogP contribution in [0.4, 0.5) is 4.39 Å². The zero-order chi connectivity index (χ0) is 105. The number of piperidine rings is 4. The molecule has 5 N–H and O–H groups in total. The van der Waals surface area contributed by atoms with Crippen molar-refractivity contribution >= 4 is 139 Å². The van der Waals surface area contributed by atoms with Crippen molar-refractivity contribution in [1.82, 2.24) is 30.7 Å². The van der Waals surface area contributed by atoms with Gasteiger partial charge in [0, 0.05) is 106 Å². The molecule has 0 saturated carbocycles. The fourth-order valence-electron chi connectivity index (χ4n) is 19.6. The second-order valence-electron chi connectivity index (χ2n) is 36.5. The van der Waals surface area contributed by atoms with Crippen molar-refractivity contribution in [2.75, 3.05) is 89.0 Å². The van der Waals surface area contributed by atoms with E-state index in [0.717, 1.165) is 109 Å². The maximum atomic E-state index is 15.0. The molecular weight excluding hydrogens is 2090 g/mol. The summed E-state index contributed by atoms with van der Waals surface area (Å²) in [6, 6.07) is 46.2. The van der Waals surface area contributed by atoms with E-state index in [1.165, 1.54) is 95.2 Å². The minimum atomic E-state index is -1.16. The first-order chi connectivity index (χ1) is 71.2. The van der Waals surface area contributed by atoms with Gasteiger partial charge in [0.25, 0.3) is 0 Å². The second kappa shape index (κ2) is 51.2. The Kier molecular flexibility index (Phi) is 38.2. The number of likely N-dealkylation sites (N-methyl/N-ethyl adjacent to an activating group) is 1. The van der Waals surface area contributed by atoms with Crippen molar-refractivity contribution in [2.45, 2.75) is 157 Å². The summed E-state index contributed by atoms with van der Waals surface area (Å²) in [4.78, 5) is 89.3. The van der Waals surface area contributed by atoms with Gasteiger partial charge in [-0.2, -0.15) is 14.2 Å². The number of aromatic nitrogens is 3. The molecule has 4 bridgehead atoms. The highest BCUT2D eigenvalue weighted by atomic mass is 35.5. The SMILES string of the molecule is CCOc1cc(C(Cc2c(Cl)c[n+]([O-])cc2Cl)OC(=O)c2ccc(CNC(C(=O)O[C@H]3CN4CCC3CC4)c3ccccc3)s2)ccc1OC.COc1ccc([C@H](Cc2c(Cl)c[n+]([O-])cc2Cl)c2cc(CNC(C(=O)OC3CC4CCC(C3)N4C)c3ccccc3)sc2C(=O)O)cc1OC.COc1ccc([C@H](Cc2c(Cl)c[n+]([O-])cc2Cl)c2cc(CNC(C(=O)O[C@@H]3CCN(C)C3)c3ccccc3F)sc2C(=O)O)cc1OC. The molecule has 12 heterocycles. The highest BCUT2D eigenvalue weighted by Gasteiger charge is 2.43. The first-order valence-electron chi connectivity index (χ1n) is 48.0. The zero-order valence-electron chi connectivity index (χ0n) is 82.1. The molecule has 0 amide bonds. The number of benzene rings is 6. The monoisotopic (exact) mass is 2200 g/mol. The highest BCUT2D eigenvalue weighted by molar-refractivity contribution is 7.14. The lowest BCUT2D eigenvalue weighted by atomic mass is 9.85. The van der Waals surface area contributed by atoms with E-state index in [9.17, 15) is 59.0 Å². The lowest BCUT2D eigenvalue weighted by Gasteiger charge is -2.44. The predicted molar refractivity (Wildman–Crippen MR) is 562 cm³/mol. The number of methoxy groups -OCH3 is 5. The molecule has 6 fully saturated rings. The van der Waals surface area contributed by atoms with Crippen molar-refractivity contribution in [3.63, 3.8) is 0 Å². The van der Waals surface area contributed by atoms with Crippen LogP contribution in [0.15, 0.2) is 201 Å². The van der Waals surface area contributed by atoms with Crippen LogP contribution >= 0.6 is 104 Å². The summed E-state index contributed by atoms with van der Waals surface area (Å²) in [5, 5.41) is 67.4. The van der Waals surface area contributed by atoms with Crippen LogP contribution in [0, 0.1) is 27.4 Å². The lowest BCUT2D eigenvalue weighted by molar-refractivity contribution is -0.605. The van der Waals surface area contributed by atoms with E-state index in [1.807, 2.05) is 97.7 Å². The van der Waals surface area contributed by atoms with E-state index < -0.39 is 65.8 Å². The largest absolute Gasteiger partial charge is 0.619 e. The van der Waals surface area contributed by atoms with Crippen LogP contribution in [0.5, 0.6) is 34.5 Å². The van der Waals surface area contributed by atoms with Gasteiger partial charge in [0.15, 0.2) is 71.7 Å². The summed E-state index contributed by atoms with van der Waals surface area (Å²) in [7, 11) is 11.7. The van der Waals surface area contributed by atoms with Crippen molar-refractivity contribution in [3.05, 3.63) is 343 Å². The Morgan fingerprint density at radius 1 is 0.446 bits per heavy atom. The number of pyridine rings is 3. The minimum absolute atomic E-state index is 0.0330. The number of likely N-dealkylation sites (tertiary alicyclic amines) is 1. The minimum Gasteiger partial charge on any atom is -0.619 e. The molecule has 6 saturated heterocycles. The molecule has 6 aliphatic heterocycles. The van der Waals surface area contributed by atoms with E-state index in [-0.39, 0.29) is 108 Å². The van der Waals surface area contributed by atoms with Crippen molar-refractivity contribution in [1.29, 1.82) is 0 Å². The van der Waals surface area contributed by atoms with Gasteiger partial charge in [0.05, 0.1) is 42.2 Å². The lowest BCUT2D eigenvalue weighted by Crippen LogP contribution is -2.52. The molecular formula is C108H112Cl6FN9O21S3. The van der Waals surface area contributed by atoms with Gasteiger partial charge < -0.3 is 83.0 Å². The van der Waals surface area contributed by atoms with Gasteiger partial charge in [0.2, 0.25) is 0 Å². The number of thiophene rings is 3. The fraction of sp³-hybridized carbons (Fsp3) is 0.361. The number of hydrogen-bond acceptors (Lipinski definition) is 28. The third-order valence-electron chi connectivity index (χ3n) is 27.2. The Bertz CT molecular complexity index is 6630. The number of carbonyl (C=O) groups is 6. The maximum absolute atomic E-state index is 15.0. The molecule has 6 aromatic carbocycles.